The largest absolute Gasteiger partial charge is 0.436 e. The Bertz CT molecular complexity index is 1180. The van der Waals surface area contributed by atoms with Crippen molar-refractivity contribution in [2.24, 2.45) is 5.92 Å². The number of fused-ring (bicyclic) bond motifs is 1. The normalized spacial score (nSPS) is 17.4. The van der Waals surface area contributed by atoms with E-state index in [2.05, 4.69) is 15.4 Å². The lowest BCUT2D eigenvalue weighted by Crippen LogP contribution is -2.29. The number of cyclic esters (lactones) is 1. The van der Waals surface area contributed by atoms with Crippen LogP contribution in [-0.4, -0.2) is 32.9 Å². The third kappa shape index (κ3) is 3.60. The second-order valence-corrected chi connectivity index (χ2v) is 7.86. The van der Waals surface area contributed by atoms with Gasteiger partial charge in [0, 0.05) is 35.2 Å². The van der Waals surface area contributed by atoms with Crippen molar-refractivity contribution in [1.29, 1.82) is 0 Å². The van der Waals surface area contributed by atoms with Crippen molar-refractivity contribution in [3.05, 3.63) is 52.4 Å². The maximum Gasteiger partial charge on any atom is 0.414 e. The van der Waals surface area contributed by atoms with E-state index in [0.717, 1.165) is 23.0 Å². The lowest BCUT2D eigenvalue weighted by Gasteiger charge is -2.22. The molecule has 2 N–H and O–H groups in total. The molecule has 8 heteroatoms. The van der Waals surface area contributed by atoms with Gasteiger partial charge in [0.25, 0.3) is 11.5 Å². The third-order valence-electron chi connectivity index (χ3n) is 5.63. The van der Waals surface area contributed by atoms with Gasteiger partial charge in [-0.1, -0.05) is 32.0 Å². The van der Waals surface area contributed by atoms with Gasteiger partial charge in [-0.25, -0.2) is 4.79 Å². The molecule has 1 fully saturated rings. The van der Waals surface area contributed by atoms with Crippen molar-refractivity contribution in [2.75, 3.05) is 0 Å². The highest BCUT2D eigenvalue weighted by Gasteiger charge is 2.36. The SMILES string of the molecule is CCn1ncc2ccc(-c3ccc(C(CC4OC(=O)NC4=O)C(C)C)c(=O)[nH]3)cc21. The van der Waals surface area contributed by atoms with Crippen molar-refractivity contribution < 1.29 is 14.3 Å². The number of hydrogen-bond acceptors (Lipinski definition) is 5. The first-order chi connectivity index (χ1) is 14.4. The summed E-state index contributed by atoms with van der Waals surface area (Å²) in [5.74, 6) is -0.604. The Morgan fingerprint density at radius 2 is 1.97 bits per heavy atom. The summed E-state index contributed by atoms with van der Waals surface area (Å²) in [7, 11) is 0. The number of aryl methyl sites for hydroxylation is 1. The predicted octanol–water partition coefficient (Wildman–Crippen LogP) is 3.18. The van der Waals surface area contributed by atoms with Gasteiger partial charge in [0.2, 0.25) is 0 Å². The molecule has 0 saturated carbocycles. The van der Waals surface area contributed by atoms with Crippen LogP contribution in [0.3, 0.4) is 0 Å². The smallest absolute Gasteiger partial charge is 0.414 e. The number of aromatic amines is 1. The molecule has 3 aromatic rings. The third-order valence-corrected chi connectivity index (χ3v) is 5.63. The van der Waals surface area contributed by atoms with E-state index in [1.807, 2.05) is 55.9 Å². The summed E-state index contributed by atoms with van der Waals surface area (Å²) in [5, 5.41) is 7.54. The molecule has 1 saturated heterocycles. The molecule has 8 nitrogen and oxygen atoms in total. The molecule has 2 unspecified atom stereocenters. The maximum absolute atomic E-state index is 12.9. The Morgan fingerprint density at radius 3 is 2.60 bits per heavy atom. The molecule has 3 heterocycles. The highest BCUT2D eigenvalue weighted by atomic mass is 16.6. The van der Waals surface area contributed by atoms with Gasteiger partial charge in [-0.15, -0.1) is 0 Å². The number of nitrogens with one attached hydrogen (secondary N) is 2. The van der Waals surface area contributed by atoms with Crippen molar-refractivity contribution in [2.45, 2.75) is 45.8 Å². The fraction of sp³-hybridized carbons (Fsp3) is 0.364. The molecular weight excluding hydrogens is 384 g/mol. The predicted molar refractivity (Wildman–Crippen MR) is 112 cm³/mol. The first kappa shape index (κ1) is 19.9. The van der Waals surface area contributed by atoms with E-state index in [1.165, 1.54) is 0 Å². The van der Waals surface area contributed by atoms with Crippen molar-refractivity contribution >= 4 is 22.9 Å². The van der Waals surface area contributed by atoms with Crippen LogP contribution in [-0.2, 0) is 16.1 Å². The number of amides is 2. The van der Waals surface area contributed by atoms with Crippen LogP contribution in [0.4, 0.5) is 4.79 Å². The van der Waals surface area contributed by atoms with E-state index in [9.17, 15) is 14.4 Å². The van der Waals surface area contributed by atoms with Crippen LogP contribution in [0, 0.1) is 5.92 Å². The molecule has 1 aliphatic rings. The van der Waals surface area contributed by atoms with Gasteiger partial charge in [0.15, 0.2) is 6.10 Å². The zero-order valence-electron chi connectivity index (χ0n) is 17.1. The summed E-state index contributed by atoms with van der Waals surface area (Å²) < 4.78 is 6.95. The number of carbonyl (C=O) groups excluding carboxylic acids is 2. The van der Waals surface area contributed by atoms with E-state index in [4.69, 9.17) is 4.74 Å². The van der Waals surface area contributed by atoms with Crippen molar-refractivity contribution in [3.8, 4) is 11.3 Å². The molecule has 156 valence electrons. The minimum atomic E-state index is -0.874. The summed E-state index contributed by atoms with van der Waals surface area (Å²) in [6.07, 6.45) is 0.478. The molecule has 0 aliphatic carbocycles. The number of rotatable bonds is 6. The summed E-state index contributed by atoms with van der Waals surface area (Å²) in [6.45, 7) is 6.75. The molecule has 0 bridgehead atoms. The number of carbonyl (C=O) groups is 2. The van der Waals surface area contributed by atoms with E-state index >= 15 is 0 Å². The number of hydrogen-bond donors (Lipinski definition) is 2. The lowest BCUT2D eigenvalue weighted by molar-refractivity contribution is -0.123. The topological polar surface area (TPSA) is 106 Å². The second-order valence-electron chi connectivity index (χ2n) is 7.86. The summed E-state index contributed by atoms with van der Waals surface area (Å²) in [5.41, 5.74) is 2.98. The molecule has 2 amide bonds. The molecule has 2 atom stereocenters. The van der Waals surface area contributed by atoms with E-state index < -0.39 is 18.1 Å². The fourth-order valence-electron chi connectivity index (χ4n) is 3.97. The Morgan fingerprint density at radius 1 is 1.17 bits per heavy atom. The van der Waals surface area contributed by atoms with E-state index in [1.54, 1.807) is 6.07 Å². The molecule has 0 radical (unpaired) electrons. The Labute approximate surface area is 173 Å². The molecule has 0 spiro atoms. The number of imide groups is 1. The number of pyridine rings is 1. The monoisotopic (exact) mass is 408 g/mol. The fourth-order valence-corrected chi connectivity index (χ4v) is 3.97. The van der Waals surface area contributed by atoms with Crippen molar-refractivity contribution in [1.82, 2.24) is 20.1 Å². The van der Waals surface area contributed by atoms with Crippen LogP contribution >= 0.6 is 0 Å². The van der Waals surface area contributed by atoms with E-state index in [-0.39, 0.29) is 23.8 Å². The van der Waals surface area contributed by atoms with E-state index in [0.29, 0.717) is 11.3 Å². The van der Waals surface area contributed by atoms with Crippen LogP contribution in [0.2, 0.25) is 0 Å². The number of H-pyrrole nitrogens is 1. The first-order valence-electron chi connectivity index (χ1n) is 10.1. The van der Waals surface area contributed by atoms with Crippen LogP contribution in [0.15, 0.2) is 41.3 Å². The number of alkyl carbamates (subject to hydrolysis) is 1. The molecule has 1 aromatic carbocycles. The minimum absolute atomic E-state index is 0.0827. The van der Waals surface area contributed by atoms with Gasteiger partial charge in [-0.3, -0.25) is 19.6 Å². The van der Waals surface area contributed by atoms with Gasteiger partial charge in [0.05, 0.1) is 11.7 Å². The van der Waals surface area contributed by atoms with Gasteiger partial charge in [-0.05, 0) is 30.9 Å². The Balaban J connectivity index is 1.65. The highest BCUT2D eigenvalue weighted by molar-refractivity contribution is 5.99. The molecule has 30 heavy (non-hydrogen) atoms. The Kier molecular flexibility index (Phi) is 5.15. The quantitative estimate of drug-likeness (QED) is 0.652. The highest BCUT2D eigenvalue weighted by Crippen LogP contribution is 2.30. The lowest BCUT2D eigenvalue weighted by atomic mass is 9.84. The van der Waals surface area contributed by atoms with Crippen LogP contribution < -0.4 is 10.9 Å². The summed E-state index contributed by atoms with van der Waals surface area (Å²) in [4.78, 5) is 39.1. The molecule has 2 aromatic heterocycles. The number of ether oxygens (including phenoxy) is 1. The average molecular weight is 408 g/mol. The first-order valence-corrected chi connectivity index (χ1v) is 10.1. The zero-order chi connectivity index (χ0) is 21.4. The van der Waals surface area contributed by atoms with Crippen LogP contribution in [0.1, 0.15) is 38.7 Å². The van der Waals surface area contributed by atoms with Gasteiger partial charge < -0.3 is 9.72 Å². The molecule has 4 rings (SSSR count). The zero-order valence-corrected chi connectivity index (χ0v) is 17.1. The number of aromatic nitrogens is 3. The standard InChI is InChI=1S/C22H24N4O4/c1-4-26-18-9-13(5-6-14(18)11-23-26)17-8-7-15(20(27)24-17)16(12(2)3)10-19-21(28)25-22(29)30-19/h5-9,11-12,16,19H,4,10H2,1-3H3,(H,24,27)(H,25,28,29). The second kappa shape index (κ2) is 7.78. The summed E-state index contributed by atoms with van der Waals surface area (Å²) >= 11 is 0. The van der Waals surface area contributed by atoms with Crippen LogP contribution in [0.5, 0.6) is 0 Å². The van der Waals surface area contributed by atoms with Crippen molar-refractivity contribution in [3.63, 3.8) is 0 Å². The average Bonchev–Trinajstić information content (AvgIpc) is 3.27. The number of nitrogens with zero attached hydrogens (tertiary/aromatic N) is 2. The molecular formula is C22H24N4O4. The van der Waals surface area contributed by atoms with Gasteiger partial charge in [-0.2, -0.15) is 5.10 Å². The molecule has 1 aliphatic heterocycles. The van der Waals surface area contributed by atoms with Gasteiger partial charge >= 0.3 is 6.09 Å². The number of benzene rings is 1. The van der Waals surface area contributed by atoms with Crippen LogP contribution in [0.25, 0.3) is 22.2 Å². The van der Waals surface area contributed by atoms with Gasteiger partial charge in [0.1, 0.15) is 0 Å². The minimum Gasteiger partial charge on any atom is -0.436 e. The Hall–Kier alpha value is -3.42. The summed E-state index contributed by atoms with van der Waals surface area (Å²) in [6, 6.07) is 9.63. The maximum atomic E-state index is 12.9.